The van der Waals surface area contributed by atoms with Gasteiger partial charge in [0.25, 0.3) is 0 Å². The molecular weight excluding hydrogens is 411 g/mol. The van der Waals surface area contributed by atoms with E-state index >= 15 is 0 Å². The zero-order valence-electron chi connectivity index (χ0n) is 17.4. The lowest BCUT2D eigenvalue weighted by Crippen LogP contribution is -2.25. The molecule has 0 aliphatic rings. The van der Waals surface area contributed by atoms with E-state index in [4.69, 9.17) is 25.8 Å². The van der Waals surface area contributed by atoms with Crippen LogP contribution in [0.15, 0.2) is 48.5 Å². The number of aliphatic hydroxyl groups is 1. The van der Waals surface area contributed by atoms with Crippen LogP contribution >= 0.6 is 11.6 Å². The zero-order valence-corrected chi connectivity index (χ0v) is 18.2. The monoisotopic (exact) mass is 438 g/mol. The molecule has 0 saturated heterocycles. The van der Waals surface area contributed by atoms with Crippen molar-refractivity contribution in [2.75, 3.05) is 25.8 Å². The molecule has 0 aliphatic carbocycles. The van der Waals surface area contributed by atoms with Crippen molar-refractivity contribution in [1.29, 1.82) is 0 Å². The number of rotatable bonds is 11. The number of benzene rings is 2. The van der Waals surface area contributed by atoms with E-state index in [1.54, 1.807) is 12.1 Å². The van der Waals surface area contributed by atoms with Crippen LogP contribution in [0, 0.1) is 0 Å². The summed E-state index contributed by atoms with van der Waals surface area (Å²) in [7, 11) is 0. The second-order valence-electron chi connectivity index (χ2n) is 7.49. The molecule has 0 spiro atoms. The van der Waals surface area contributed by atoms with E-state index in [0.29, 0.717) is 11.5 Å². The fourth-order valence-electron chi connectivity index (χ4n) is 2.87. The average Bonchev–Trinajstić information content (AvgIpc) is 2.75. The number of hydrogen-bond donors (Lipinski definition) is 1. The first kappa shape index (κ1) is 24.0. The van der Waals surface area contributed by atoms with Gasteiger partial charge in [-0.3, -0.25) is 4.79 Å². The number of aliphatic hydroxyl groups excluding tert-OH is 1. The first-order valence-electron chi connectivity index (χ1n) is 9.70. The van der Waals surface area contributed by atoms with E-state index in [0.717, 1.165) is 11.1 Å². The summed E-state index contributed by atoms with van der Waals surface area (Å²) < 4.78 is 28.4. The van der Waals surface area contributed by atoms with Crippen LogP contribution in [0.3, 0.4) is 0 Å². The molecule has 0 aromatic heterocycles. The predicted molar refractivity (Wildman–Crippen MR) is 114 cm³/mol. The molecule has 2 atom stereocenters. The van der Waals surface area contributed by atoms with Crippen LogP contribution in [0.25, 0.3) is 0 Å². The van der Waals surface area contributed by atoms with E-state index < -0.39 is 24.9 Å². The lowest BCUT2D eigenvalue weighted by Gasteiger charge is -2.26. The van der Waals surface area contributed by atoms with Crippen molar-refractivity contribution in [2.24, 2.45) is 0 Å². The molecule has 0 heterocycles. The largest absolute Gasteiger partial charge is 0.491 e. The molecule has 0 aliphatic heterocycles. The minimum atomic E-state index is -1.12. The molecule has 2 rings (SSSR count). The number of alkyl halides is 2. The fraction of sp³-hybridized carbons (Fsp3) is 0.435. The van der Waals surface area contributed by atoms with E-state index in [-0.39, 0.29) is 24.5 Å². The van der Waals surface area contributed by atoms with Crippen LogP contribution in [-0.2, 0) is 14.9 Å². The summed E-state index contributed by atoms with van der Waals surface area (Å²) in [5, 5.41) is 9.26. The molecular formula is C23H28ClFO5. The van der Waals surface area contributed by atoms with Crippen LogP contribution in [-0.4, -0.2) is 49.1 Å². The van der Waals surface area contributed by atoms with Gasteiger partial charge in [-0.2, -0.15) is 0 Å². The minimum absolute atomic E-state index is 0.0806. The van der Waals surface area contributed by atoms with Crippen molar-refractivity contribution in [3.8, 4) is 11.5 Å². The van der Waals surface area contributed by atoms with Gasteiger partial charge in [-0.05, 0) is 35.4 Å². The Kier molecular flexibility index (Phi) is 8.93. The fourth-order valence-corrected chi connectivity index (χ4v) is 3.03. The summed E-state index contributed by atoms with van der Waals surface area (Å²) in [5.41, 5.74) is 1.89. The van der Waals surface area contributed by atoms with Gasteiger partial charge in [0.05, 0.1) is 5.88 Å². The van der Waals surface area contributed by atoms with Gasteiger partial charge in [-0.15, -0.1) is 11.6 Å². The molecule has 164 valence electrons. The third-order valence-corrected chi connectivity index (χ3v) is 5.06. The van der Waals surface area contributed by atoms with Gasteiger partial charge in [0.2, 0.25) is 0 Å². The molecule has 0 radical (unpaired) electrons. The summed E-state index contributed by atoms with van der Waals surface area (Å²) in [6, 6.07) is 15.2. The van der Waals surface area contributed by atoms with Crippen LogP contribution in [0.2, 0.25) is 0 Å². The molecule has 1 N–H and O–H groups in total. The molecule has 0 amide bonds. The SMILES string of the molecule is CC(=O)O[C@H](CCl)COc1ccc(C(C)(C)c2ccc(OC[C@@H](O)CF)cc2)cc1. The molecule has 7 heteroatoms. The van der Waals surface area contributed by atoms with Gasteiger partial charge in [-0.1, -0.05) is 38.1 Å². The minimum Gasteiger partial charge on any atom is -0.491 e. The van der Waals surface area contributed by atoms with Crippen molar-refractivity contribution < 1.29 is 28.5 Å². The maximum Gasteiger partial charge on any atom is 0.303 e. The average molecular weight is 439 g/mol. The summed E-state index contributed by atoms with van der Waals surface area (Å²) in [6.07, 6.45) is -1.61. The first-order chi connectivity index (χ1) is 14.3. The summed E-state index contributed by atoms with van der Waals surface area (Å²) in [6.45, 7) is 4.82. The third-order valence-electron chi connectivity index (χ3n) is 4.71. The number of carbonyl (C=O) groups is 1. The Morgan fingerprint density at radius 3 is 1.87 bits per heavy atom. The maximum absolute atomic E-state index is 12.3. The van der Waals surface area contributed by atoms with Crippen molar-refractivity contribution in [3.63, 3.8) is 0 Å². The molecule has 5 nitrogen and oxygen atoms in total. The van der Waals surface area contributed by atoms with Gasteiger partial charge >= 0.3 is 5.97 Å². The third kappa shape index (κ3) is 6.89. The van der Waals surface area contributed by atoms with Crippen molar-refractivity contribution >= 4 is 17.6 Å². The molecule has 30 heavy (non-hydrogen) atoms. The number of esters is 1. The molecule has 2 aromatic carbocycles. The molecule has 2 aromatic rings. The van der Waals surface area contributed by atoms with E-state index in [9.17, 15) is 14.3 Å². The predicted octanol–water partition coefficient (Wildman–Crippen LogP) is 4.27. The van der Waals surface area contributed by atoms with Crippen LogP contribution < -0.4 is 9.47 Å². The molecule has 0 fully saturated rings. The summed E-state index contributed by atoms with van der Waals surface area (Å²) in [5.74, 6) is 1.01. The molecule has 0 bridgehead atoms. The Balaban J connectivity index is 2.01. The smallest absolute Gasteiger partial charge is 0.303 e. The topological polar surface area (TPSA) is 65.0 Å². The Morgan fingerprint density at radius 2 is 1.47 bits per heavy atom. The Labute approximate surface area is 181 Å². The molecule has 0 unspecified atom stereocenters. The normalized spacial score (nSPS) is 13.4. The maximum atomic E-state index is 12.3. The second kappa shape index (κ2) is 11.2. The van der Waals surface area contributed by atoms with Crippen LogP contribution in [0.4, 0.5) is 4.39 Å². The standard InChI is InChI=1S/C23H28ClFO5/c1-16(26)30-22(12-24)15-29-21-10-6-18(7-11-21)23(2,3)17-4-8-20(9-5-17)28-14-19(27)13-25/h4-11,19,22,27H,12-15H2,1-3H3/t19-,22+/m0/s1. The quantitative estimate of drug-likeness (QED) is 0.419. The van der Waals surface area contributed by atoms with Crippen molar-refractivity contribution in [2.45, 2.75) is 38.4 Å². The lowest BCUT2D eigenvalue weighted by atomic mass is 9.78. The summed E-state index contributed by atoms with van der Waals surface area (Å²) >= 11 is 5.79. The molecule has 0 saturated carbocycles. The van der Waals surface area contributed by atoms with Crippen LogP contribution in [0.5, 0.6) is 11.5 Å². The lowest BCUT2D eigenvalue weighted by molar-refractivity contribution is -0.146. The van der Waals surface area contributed by atoms with Crippen molar-refractivity contribution in [3.05, 3.63) is 59.7 Å². The summed E-state index contributed by atoms with van der Waals surface area (Å²) in [4.78, 5) is 11.0. The van der Waals surface area contributed by atoms with Gasteiger partial charge in [0, 0.05) is 12.3 Å². The van der Waals surface area contributed by atoms with E-state index in [1.807, 2.05) is 36.4 Å². The van der Waals surface area contributed by atoms with Crippen LogP contribution in [0.1, 0.15) is 31.9 Å². The van der Waals surface area contributed by atoms with Gasteiger partial charge < -0.3 is 19.3 Å². The highest BCUT2D eigenvalue weighted by molar-refractivity contribution is 6.18. The number of hydrogen-bond acceptors (Lipinski definition) is 5. The van der Waals surface area contributed by atoms with E-state index in [2.05, 4.69) is 13.8 Å². The highest BCUT2D eigenvalue weighted by Crippen LogP contribution is 2.33. The Morgan fingerprint density at radius 1 is 1.00 bits per heavy atom. The van der Waals surface area contributed by atoms with E-state index in [1.165, 1.54) is 6.92 Å². The Hall–Kier alpha value is -2.31. The number of ether oxygens (including phenoxy) is 3. The number of carbonyl (C=O) groups excluding carboxylic acids is 1. The Bertz CT molecular complexity index is 792. The highest BCUT2D eigenvalue weighted by atomic mass is 35.5. The number of halogens is 2. The van der Waals surface area contributed by atoms with Crippen molar-refractivity contribution in [1.82, 2.24) is 0 Å². The zero-order chi connectivity index (χ0) is 22.1. The van der Waals surface area contributed by atoms with Gasteiger partial charge in [0.15, 0.2) is 0 Å². The van der Waals surface area contributed by atoms with Gasteiger partial charge in [-0.25, -0.2) is 4.39 Å². The van der Waals surface area contributed by atoms with Gasteiger partial charge in [0.1, 0.15) is 43.6 Å². The second-order valence-corrected chi connectivity index (χ2v) is 7.80. The first-order valence-corrected chi connectivity index (χ1v) is 10.2. The highest BCUT2D eigenvalue weighted by Gasteiger charge is 2.23.